The molecule has 1 fully saturated rings. The van der Waals surface area contributed by atoms with Crippen molar-refractivity contribution in [2.75, 3.05) is 13.7 Å². The molecule has 8 heteroatoms. The molecular weight excluding hydrogens is 410 g/mol. The highest BCUT2D eigenvalue weighted by Crippen LogP contribution is 2.38. The lowest BCUT2D eigenvalue weighted by molar-refractivity contribution is -0.148. The number of hydrogen-bond acceptors (Lipinski definition) is 7. The summed E-state index contributed by atoms with van der Waals surface area (Å²) in [7, 11) is 1.59. The number of esters is 1. The van der Waals surface area contributed by atoms with Crippen LogP contribution in [0.5, 0.6) is 11.5 Å². The van der Waals surface area contributed by atoms with Crippen molar-refractivity contribution >= 4 is 11.9 Å². The molecule has 32 heavy (non-hydrogen) atoms. The van der Waals surface area contributed by atoms with Gasteiger partial charge in [0.05, 0.1) is 19.3 Å². The van der Waals surface area contributed by atoms with Crippen LogP contribution in [0.3, 0.4) is 0 Å². The van der Waals surface area contributed by atoms with Crippen molar-refractivity contribution in [2.45, 2.75) is 51.2 Å². The lowest BCUT2D eigenvalue weighted by Gasteiger charge is -2.36. The van der Waals surface area contributed by atoms with Crippen molar-refractivity contribution in [1.82, 2.24) is 10.3 Å². The van der Waals surface area contributed by atoms with E-state index in [9.17, 15) is 9.59 Å². The quantitative estimate of drug-likeness (QED) is 0.661. The van der Waals surface area contributed by atoms with E-state index in [2.05, 4.69) is 10.3 Å². The molecule has 1 heterocycles. The molecule has 0 spiro atoms. The molecule has 1 aliphatic rings. The van der Waals surface area contributed by atoms with Crippen molar-refractivity contribution in [3.05, 3.63) is 53.3 Å². The summed E-state index contributed by atoms with van der Waals surface area (Å²) in [5, 5.41) is 12.0. The number of nitrogens with one attached hydrogen (secondary N) is 1. The second kappa shape index (κ2) is 10.6. The van der Waals surface area contributed by atoms with Crippen LogP contribution in [0.2, 0.25) is 0 Å². The van der Waals surface area contributed by atoms with Crippen molar-refractivity contribution in [1.29, 1.82) is 5.26 Å². The standard InChI is InChI=1S/C24H27N3O5/c1-4-31-23-11-16(6-10-22(23)30-3)20-12-19(32-15(2)28)8-9-21(20)27-24(29)17-5-7-18(13-25)26-14-17/h5-7,10-11,14,19-21H,4,8-9,12H2,1-3H3,(H,27,29)/t19-,20-,21-/m1/s1. The largest absolute Gasteiger partial charge is 0.493 e. The Kier molecular flexibility index (Phi) is 7.66. The van der Waals surface area contributed by atoms with Gasteiger partial charge in [0.2, 0.25) is 0 Å². The fourth-order valence-electron chi connectivity index (χ4n) is 4.05. The minimum absolute atomic E-state index is 0.0893. The molecule has 3 atom stereocenters. The number of benzene rings is 1. The van der Waals surface area contributed by atoms with Gasteiger partial charge in [0.15, 0.2) is 11.5 Å². The van der Waals surface area contributed by atoms with Gasteiger partial charge in [0.25, 0.3) is 5.91 Å². The van der Waals surface area contributed by atoms with Gasteiger partial charge in [-0.25, -0.2) is 4.98 Å². The van der Waals surface area contributed by atoms with Crippen LogP contribution in [0.1, 0.15) is 60.6 Å². The molecule has 1 aromatic carbocycles. The Bertz CT molecular complexity index is 1000. The highest BCUT2D eigenvalue weighted by molar-refractivity contribution is 5.94. The topological polar surface area (TPSA) is 111 Å². The van der Waals surface area contributed by atoms with Crippen molar-refractivity contribution in [2.24, 2.45) is 0 Å². The smallest absolute Gasteiger partial charge is 0.302 e. The molecule has 0 radical (unpaired) electrons. The van der Waals surface area contributed by atoms with Gasteiger partial charge in [-0.1, -0.05) is 6.07 Å². The zero-order valence-electron chi connectivity index (χ0n) is 18.5. The molecule has 2 aromatic rings. The van der Waals surface area contributed by atoms with Gasteiger partial charge in [0.1, 0.15) is 17.9 Å². The maximum absolute atomic E-state index is 12.9. The third kappa shape index (κ3) is 5.55. The molecule has 0 saturated heterocycles. The first kappa shape index (κ1) is 23.1. The van der Waals surface area contributed by atoms with Crippen LogP contribution >= 0.6 is 0 Å². The SMILES string of the molecule is CCOc1cc([C@H]2C[C@H](OC(C)=O)CC[C@H]2NC(=O)c2ccc(C#N)nc2)ccc1OC. The van der Waals surface area contributed by atoms with Crippen LogP contribution in [0, 0.1) is 11.3 Å². The normalized spacial score (nSPS) is 20.0. The van der Waals surface area contributed by atoms with Gasteiger partial charge in [-0.3, -0.25) is 9.59 Å². The van der Waals surface area contributed by atoms with E-state index in [1.807, 2.05) is 31.2 Å². The molecule has 1 amide bonds. The van der Waals surface area contributed by atoms with Crippen LogP contribution in [0.15, 0.2) is 36.5 Å². The second-order valence-electron chi connectivity index (χ2n) is 7.62. The van der Waals surface area contributed by atoms with Crippen molar-refractivity contribution in [3.8, 4) is 17.6 Å². The number of nitrogens with zero attached hydrogens (tertiary/aromatic N) is 2. The first-order valence-corrected chi connectivity index (χ1v) is 10.6. The number of nitriles is 1. The summed E-state index contributed by atoms with van der Waals surface area (Å²) in [6, 6.07) is 10.6. The third-order valence-corrected chi connectivity index (χ3v) is 5.51. The molecule has 168 valence electrons. The maximum Gasteiger partial charge on any atom is 0.302 e. The van der Waals surface area contributed by atoms with E-state index in [1.54, 1.807) is 13.2 Å². The Morgan fingerprint density at radius 3 is 2.66 bits per heavy atom. The van der Waals surface area contributed by atoms with Crippen LogP contribution in [-0.4, -0.2) is 42.7 Å². The number of aromatic nitrogens is 1. The third-order valence-electron chi connectivity index (χ3n) is 5.51. The van der Waals surface area contributed by atoms with Crippen LogP contribution < -0.4 is 14.8 Å². The van der Waals surface area contributed by atoms with E-state index in [0.29, 0.717) is 42.9 Å². The molecule has 1 aliphatic carbocycles. The summed E-state index contributed by atoms with van der Waals surface area (Å²) in [5.41, 5.74) is 1.60. The Morgan fingerprint density at radius 1 is 1.22 bits per heavy atom. The zero-order chi connectivity index (χ0) is 23.1. The Balaban J connectivity index is 1.86. The average molecular weight is 437 g/mol. The first-order valence-electron chi connectivity index (χ1n) is 10.6. The van der Waals surface area contributed by atoms with E-state index in [4.69, 9.17) is 19.5 Å². The summed E-state index contributed by atoms with van der Waals surface area (Å²) in [5.74, 6) is 0.593. The van der Waals surface area contributed by atoms with Gasteiger partial charge >= 0.3 is 5.97 Å². The lowest BCUT2D eigenvalue weighted by Crippen LogP contribution is -2.44. The maximum atomic E-state index is 12.9. The average Bonchev–Trinajstić information content (AvgIpc) is 2.80. The first-order chi connectivity index (χ1) is 15.4. The Labute approximate surface area is 187 Å². The Hall–Kier alpha value is -3.60. The molecule has 0 bridgehead atoms. The van der Waals surface area contributed by atoms with Gasteiger partial charge in [-0.15, -0.1) is 0 Å². The lowest BCUT2D eigenvalue weighted by atomic mass is 9.78. The number of carbonyl (C=O) groups is 2. The summed E-state index contributed by atoms with van der Waals surface area (Å²) < 4.78 is 16.6. The van der Waals surface area contributed by atoms with E-state index in [-0.39, 0.29) is 35.6 Å². The minimum Gasteiger partial charge on any atom is -0.493 e. The molecular formula is C24H27N3O5. The highest BCUT2D eigenvalue weighted by Gasteiger charge is 2.34. The number of amides is 1. The van der Waals surface area contributed by atoms with E-state index in [0.717, 1.165) is 5.56 Å². The fourth-order valence-corrected chi connectivity index (χ4v) is 4.05. The van der Waals surface area contributed by atoms with Gasteiger partial charge in [-0.05, 0) is 56.0 Å². The summed E-state index contributed by atoms with van der Waals surface area (Å²) in [6.07, 6.45) is 3.05. The molecule has 8 nitrogen and oxygen atoms in total. The molecule has 1 aromatic heterocycles. The summed E-state index contributed by atoms with van der Waals surface area (Å²) in [4.78, 5) is 28.3. The van der Waals surface area contributed by atoms with Gasteiger partial charge in [0, 0.05) is 25.1 Å². The predicted octanol–water partition coefficient (Wildman–Crippen LogP) is 3.36. The molecule has 1 saturated carbocycles. The summed E-state index contributed by atoms with van der Waals surface area (Å²) >= 11 is 0. The van der Waals surface area contributed by atoms with Crippen LogP contribution in [0.4, 0.5) is 0 Å². The second-order valence-corrected chi connectivity index (χ2v) is 7.62. The van der Waals surface area contributed by atoms with E-state index < -0.39 is 0 Å². The van der Waals surface area contributed by atoms with Gasteiger partial charge in [-0.2, -0.15) is 5.26 Å². The van der Waals surface area contributed by atoms with Gasteiger partial charge < -0.3 is 19.5 Å². The summed E-state index contributed by atoms with van der Waals surface area (Å²) in [6.45, 7) is 3.80. The number of ether oxygens (including phenoxy) is 3. The predicted molar refractivity (Wildman–Crippen MR) is 117 cm³/mol. The number of pyridine rings is 1. The van der Waals surface area contributed by atoms with E-state index in [1.165, 1.54) is 19.2 Å². The minimum atomic E-state index is -0.315. The highest BCUT2D eigenvalue weighted by atomic mass is 16.5. The number of rotatable bonds is 7. The van der Waals surface area contributed by atoms with Crippen molar-refractivity contribution < 1.29 is 23.8 Å². The monoisotopic (exact) mass is 437 g/mol. The number of methoxy groups -OCH3 is 1. The van der Waals surface area contributed by atoms with Crippen molar-refractivity contribution in [3.63, 3.8) is 0 Å². The zero-order valence-corrected chi connectivity index (χ0v) is 18.5. The van der Waals surface area contributed by atoms with Crippen LogP contribution in [0.25, 0.3) is 0 Å². The number of hydrogen-bond donors (Lipinski definition) is 1. The Morgan fingerprint density at radius 2 is 2.03 bits per heavy atom. The molecule has 3 rings (SSSR count). The number of carbonyl (C=O) groups excluding carboxylic acids is 2. The molecule has 0 aliphatic heterocycles. The van der Waals surface area contributed by atoms with Crippen LogP contribution in [-0.2, 0) is 9.53 Å². The van der Waals surface area contributed by atoms with E-state index >= 15 is 0 Å². The fraction of sp³-hybridized carbons (Fsp3) is 0.417. The molecule has 0 unspecified atom stereocenters. The molecule has 1 N–H and O–H groups in total.